The van der Waals surface area contributed by atoms with Gasteiger partial charge >= 0.3 is 0 Å². The van der Waals surface area contributed by atoms with Gasteiger partial charge in [0, 0.05) is 21.3 Å². The highest BCUT2D eigenvalue weighted by atomic mass is 79.9. The second-order valence-corrected chi connectivity index (χ2v) is 8.81. The maximum atomic E-state index is 13.6. The fraction of sp³-hybridized carbons (Fsp3) is 0.154. The lowest BCUT2D eigenvalue weighted by Crippen LogP contribution is -2.29. The molecule has 0 spiro atoms. The molecule has 1 unspecified atom stereocenters. The molecule has 1 amide bonds. The van der Waals surface area contributed by atoms with Crippen LogP contribution in [0, 0.1) is 6.92 Å². The second-order valence-electron chi connectivity index (χ2n) is 7.90. The maximum absolute atomic E-state index is 13.6. The summed E-state index contributed by atoms with van der Waals surface area (Å²) in [4.78, 5) is 15.4. The molecule has 1 aromatic heterocycles. The number of H-pyrrole nitrogens is 1. The minimum Gasteiger partial charge on any atom is -0.493 e. The van der Waals surface area contributed by atoms with E-state index in [1.54, 1.807) is 14.2 Å². The first-order valence-corrected chi connectivity index (χ1v) is 11.3. The number of carbonyl (C=O) groups is 1. The first-order chi connectivity index (χ1) is 16.0. The second kappa shape index (κ2) is 8.41. The van der Waals surface area contributed by atoms with E-state index in [9.17, 15) is 4.79 Å². The Labute approximate surface area is 200 Å². The van der Waals surface area contributed by atoms with E-state index in [-0.39, 0.29) is 11.9 Å². The molecule has 4 aromatic rings. The molecule has 1 N–H and O–H groups in total. The van der Waals surface area contributed by atoms with Crippen molar-refractivity contribution in [3.8, 4) is 22.8 Å². The molecule has 0 saturated heterocycles. The van der Waals surface area contributed by atoms with Gasteiger partial charge in [-0.15, -0.1) is 0 Å². The Morgan fingerprint density at radius 1 is 0.939 bits per heavy atom. The molecule has 0 radical (unpaired) electrons. The molecule has 166 valence electrons. The third-order valence-electron chi connectivity index (χ3n) is 5.92. The molecule has 2 heterocycles. The minimum absolute atomic E-state index is 0.121. The Balaban J connectivity index is 1.72. The number of aryl methyl sites for hydroxylation is 1. The Hall–Kier alpha value is -3.58. The Morgan fingerprint density at radius 2 is 1.64 bits per heavy atom. The molecule has 0 saturated carbocycles. The van der Waals surface area contributed by atoms with Crippen molar-refractivity contribution in [2.45, 2.75) is 13.0 Å². The molecular formula is C26H22BrN3O3. The summed E-state index contributed by atoms with van der Waals surface area (Å²) in [5, 5.41) is 7.54. The summed E-state index contributed by atoms with van der Waals surface area (Å²) < 4.78 is 12.0. The van der Waals surface area contributed by atoms with E-state index in [0.29, 0.717) is 17.2 Å². The molecule has 1 aliphatic heterocycles. The van der Waals surface area contributed by atoms with Crippen LogP contribution in [-0.2, 0) is 0 Å². The SMILES string of the molecule is COc1ccc(C2c3c(-c4ccc(Br)cc4)n[nH]c3C(=O)N2c2ccc(C)cc2)cc1OC. The summed E-state index contributed by atoms with van der Waals surface area (Å²) in [6.45, 7) is 2.03. The molecular weight excluding hydrogens is 482 g/mol. The van der Waals surface area contributed by atoms with E-state index < -0.39 is 0 Å². The molecule has 1 atom stereocenters. The van der Waals surface area contributed by atoms with E-state index in [1.165, 1.54) is 0 Å². The fourth-order valence-electron chi connectivity index (χ4n) is 4.28. The summed E-state index contributed by atoms with van der Waals surface area (Å²) >= 11 is 3.49. The van der Waals surface area contributed by atoms with Crippen molar-refractivity contribution in [1.29, 1.82) is 0 Å². The van der Waals surface area contributed by atoms with Gasteiger partial charge in [-0.1, -0.05) is 51.8 Å². The van der Waals surface area contributed by atoms with E-state index in [2.05, 4.69) is 26.1 Å². The molecule has 0 fully saturated rings. The molecule has 33 heavy (non-hydrogen) atoms. The highest BCUT2D eigenvalue weighted by molar-refractivity contribution is 9.10. The summed E-state index contributed by atoms with van der Waals surface area (Å²) in [5.74, 6) is 1.12. The van der Waals surface area contributed by atoms with Crippen LogP contribution in [0.2, 0.25) is 0 Å². The van der Waals surface area contributed by atoms with Crippen LogP contribution in [0.1, 0.15) is 33.2 Å². The number of benzene rings is 3. The Bertz CT molecular complexity index is 1330. The highest BCUT2D eigenvalue weighted by Gasteiger charge is 2.43. The van der Waals surface area contributed by atoms with Crippen molar-refractivity contribution in [2.24, 2.45) is 0 Å². The van der Waals surface area contributed by atoms with Crippen LogP contribution in [0.25, 0.3) is 11.3 Å². The maximum Gasteiger partial charge on any atom is 0.277 e. The average molecular weight is 504 g/mol. The van der Waals surface area contributed by atoms with E-state index in [1.807, 2.05) is 78.6 Å². The molecule has 7 heteroatoms. The van der Waals surface area contributed by atoms with Crippen molar-refractivity contribution in [1.82, 2.24) is 10.2 Å². The number of methoxy groups -OCH3 is 2. The van der Waals surface area contributed by atoms with Crippen LogP contribution >= 0.6 is 15.9 Å². The zero-order chi connectivity index (χ0) is 23.1. The number of amides is 1. The van der Waals surface area contributed by atoms with Gasteiger partial charge in [-0.3, -0.25) is 14.8 Å². The number of anilines is 1. The third kappa shape index (κ3) is 3.58. The molecule has 5 rings (SSSR count). The van der Waals surface area contributed by atoms with Crippen LogP contribution in [0.15, 0.2) is 71.2 Å². The third-order valence-corrected chi connectivity index (χ3v) is 6.45. The first-order valence-electron chi connectivity index (χ1n) is 10.5. The number of hydrogen-bond donors (Lipinski definition) is 1. The quantitative estimate of drug-likeness (QED) is 0.367. The Morgan fingerprint density at radius 3 is 2.30 bits per heavy atom. The number of aromatic nitrogens is 2. The zero-order valence-electron chi connectivity index (χ0n) is 18.4. The predicted octanol–water partition coefficient (Wildman–Crippen LogP) is 5.91. The van der Waals surface area contributed by atoms with E-state index in [0.717, 1.165) is 38.1 Å². The highest BCUT2D eigenvalue weighted by Crippen LogP contribution is 2.46. The summed E-state index contributed by atoms with van der Waals surface area (Å²) in [7, 11) is 3.21. The number of fused-ring (bicyclic) bond motifs is 1. The predicted molar refractivity (Wildman–Crippen MR) is 131 cm³/mol. The lowest BCUT2D eigenvalue weighted by atomic mass is 9.95. The molecule has 0 aliphatic carbocycles. The lowest BCUT2D eigenvalue weighted by Gasteiger charge is -2.27. The first kappa shape index (κ1) is 21.3. The van der Waals surface area contributed by atoms with Crippen LogP contribution < -0.4 is 14.4 Å². The summed E-state index contributed by atoms with van der Waals surface area (Å²) in [6.07, 6.45) is 0. The van der Waals surface area contributed by atoms with Crippen molar-refractivity contribution in [2.75, 3.05) is 19.1 Å². The molecule has 3 aromatic carbocycles. The number of carbonyl (C=O) groups excluding carboxylic acids is 1. The van der Waals surface area contributed by atoms with Gasteiger partial charge in [0.1, 0.15) is 5.69 Å². The summed E-state index contributed by atoms with van der Waals surface area (Å²) in [5.41, 5.74) is 5.86. The summed E-state index contributed by atoms with van der Waals surface area (Å²) in [6, 6.07) is 21.3. The van der Waals surface area contributed by atoms with E-state index in [4.69, 9.17) is 9.47 Å². The number of nitrogens with zero attached hydrogens (tertiary/aromatic N) is 2. The topological polar surface area (TPSA) is 67.5 Å². The number of aromatic amines is 1. The van der Waals surface area contributed by atoms with Gasteiger partial charge in [0.2, 0.25) is 0 Å². The molecule has 6 nitrogen and oxygen atoms in total. The zero-order valence-corrected chi connectivity index (χ0v) is 20.0. The van der Waals surface area contributed by atoms with Crippen molar-refractivity contribution < 1.29 is 14.3 Å². The van der Waals surface area contributed by atoms with Gasteiger partial charge in [-0.05, 0) is 48.9 Å². The number of halogens is 1. The smallest absolute Gasteiger partial charge is 0.277 e. The monoisotopic (exact) mass is 503 g/mol. The van der Waals surface area contributed by atoms with Crippen LogP contribution in [0.4, 0.5) is 5.69 Å². The number of rotatable bonds is 5. The Kier molecular flexibility index (Phi) is 5.42. The number of nitrogens with one attached hydrogen (secondary N) is 1. The van der Waals surface area contributed by atoms with Crippen LogP contribution in [0.3, 0.4) is 0 Å². The minimum atomic E-state index is -0.382. The van der Waals surface area contributed by atoms with Gasteiger partial charge in [0.05, 0.1) is 26.0 Å². The van der Waals surface area contributed by atoms with Gasteiger partial charge in [-0.25, -0.2) is 0 Å². The average Bonchev–Trinajstić information content (AvgIpc) is 3.39. The largest absolute Gasteiger partial charge is 0.493 e. The van der Waals surface area contributed by atoms with Gasteiger partial charge in [0.15, 0.2) is 11.5 Å². The van der Waals surface area contributed by atoms with Gasteiger partial charge in [-0.2, -0.15) is 5.10 Å². The normalized spacial score (nSPS) is 15.0. The van der Waals surface area contributed by atoms with E-state index >= 15 is 0 Å². The molecule has 1 aliphatic rings. The van der Waals surface area contributed by atoms with Crippen LogP contribution in [0.5, 0.6) is 11.5 Å². The van der Waals surface area contributed by atoms with Gasteiger partial charge < -0.3 is 9.47 Å². The van der Waals surface area contributed by atoms with Gasteiger partial charge in [0.25, 0.3) is 5.91 Å². The molecule has 0 bridgehead atoms. The fourth-order valence-corrected chi connectivity index (χ4v) is 4.55. The number of ether oxygens (including phenoxy) is 2. The van der Waals surface area contributed by atoms with Crippen molar-refractivity contribution in [3.05, 3.63) is 93.6 Å². The van der Waals surface area contributed by atoms with Crippen molar-refractivity contribution in [3.63, 3.8) is 0 Å². The lowest BCUT2D eigenvalue weighted by molar-refractivity contribution is 0.0988. The standard InChI is InChI=1S/C26H22BrN3O3/c1-15-4-11-19(12-5-15)30-25(17-8-13-20(32-2)21(14-17)33-3)22-23(28-29-24(22)26(30)31)16-6-9-18(27)10-7-16/h4-14,25H,1-3H3,(H,28,29). The van der Waals surface area contributed by atoms with Crippen molar-refractivity contribution >= 4 is 27.5 Å². The van der Waals surface area contributed by atoms with Crippen LogP contribution in [-0.4, -0.2) is 30.3 Å². The number of hydrogen-bond acceptors (Lipinski definition) is 4.